The molecule has 3 rings (SSSR count). The van der Waals surface area contributed by atoms with Gasteiger partial charge < -0.3 is 15.1 Å². The van der Waals surface area contributed by atoms with Crippen molar-refractivity contribution in [1.29, 1.82) is 0 Å². The summed E-state index contributed by atoms with van der Waals surface area (Å²) in [6.45, 7) is 4.57. The number of alkyl halides is 3. The monoisotopic (exact) mass is 451 g/mol. The third-order valence-corrected chi connectivity index (χ3v) is 6.22. The Morgan fingerprint density at radius 1 is 1.03 bits per heavy atom. The zero-order chi connectivity index (χ0) is 23.7. The number of carbonyl (C=O) groups is 1. The predicted molar refractivity (Wildman–Crippen MR) is 118 cm³/mol. The van der Waals surface area contributed by atoms with Crippen molar-refractivity contribution >= 4 is 17.3 Å². The zero-order valence-electron chi connectivity index (χ0n) is 18.8. The molecule has 174 valence electrons. The molecule has 0 unspecified atom stereocenters. The summed E-state index contributed by atoms with van der Waals surface area (Å²) in [5.41, 5.74) is -1.09. The van der Waals surface area contributed by atoms with E-state index in [4.69, 9.17) is 0 Å². The number of hydrogen-bond acceptors (Lipinski definition) is 3. The molecule has 1 amide bonds. The van der Waals surface area contributed by atoms with Crippen LogP contribution in [0.3, 0.4) is 0 Å². The molecule has 0 radical (unpaired) electrons. The van der Waals surface area contributed by atoms with Gasteiger partial charge in [0.15, 0.2) is 0 Å². The van der Waals surface area contributed by atoms with E-state index in [0.717, 1.165) is 38.1 Å². The van der Waals surface area contributed by atoms with Gasteiger partial charge in [-0.3, -0.25) is 4.79 Å². The van der Waals surface area contributed by atoms with Gasteiger partial charge >= 0.3 is 6.18 Å². The van der Waals surface area contributed by atoms with Crippen molar-refractivity contribution in [3.63, 3.8) is 0 Å². The molecule has 1 aliphatic heterocycles. The second-order valence-corrected chi connectivity index (χ2v) is 9.01. The summed E-state index contributed by atoms with van der Waals surface area (Å²) in [6, 6.07) is 9.69. The fourth-order valence-corrected chi connectivity index (χ4v) is 3.97. The molecule has 1 aliphatic rings. The summed E-state index contributed by atoms with van der Waals surface area (Å²) in [7, 11) is 4.08. The number of piperidine rings is 1. The molecule has 2 aromatic rings. The minimum Gasteiger partial charge on any atom is -0.369 e. The Kier molecular flexibility index (Phi) is 6.83. The fourth-order valence-electron chi connectivity index (χ4n) is 3.97. The van der Waals surface area contributed by atoms with Gasteiger partial charge in [-0.2, -0.15) is 13.2 Å². The molecular weight excluding hydrogens is 422 g/mol. The Morgan fingerprint density at radius 3 is 2.22 bits per heavy atom. The van der Waals surface area contributed by atoms with Gasteiger partial charge in [-0.1, -0.05) is 18.2 Å². The van der Waals surface area contributed by atoms with Gasteiger partial charge in [0.05, 0.1) is 16.7 Å². The van der Waals surface area contributed by atoms with E-state index in [9.17, 15) is 22.4 Å². The van der Waals surface area contributed by atoms with Crippen LogP contribution in [-0.2, 0) is 16.4 Å². The van der Waals surface area contributed by atoms with Crippen LogP contribution in [0.5, 0.6) is 0 Å². The fraction of sp³-hybridized carbons (Fsp3) is 0.458. The highest BCUT2D eigenvalue weighted by atomic mass is 19.4. The van der Waals surface area contributed by atoms with Crippen LogP contribution < -0.4 is 10.2 Å². The van der Waals surface area contributed by atoms with Gasteiger partial charge in [0, 0.05) is 24.8 Å². The van der Waals surface area contributed by atoms with Crippen LogP contribution in [0.25, 0.3) is 0 Å². The summed E-state index contributed by atoms with van der Waals surface area (Å²) in [6.07, 6.45) is -2.62. The largest absolute Gasteiger partial charge is 0.416 e. The highest BCUT2D eigenvalue weighted by Gasteiger charge is 2.35. The lowest BCUT2D eigenvalue weighted by molar-refractivity contribution is -0.137. The smallest absolute Gasteiger partial charge is 0.369 e. The molecule has 2 aromatic carbocycles. The summed E-state index contributed by atoms with van der Waals surface area (Å²) >= 11 is 0. The molecule has 1 heterocycles. The third-order valence-electron chi connectivity index (χ3n) is 6.22. The molecule has 1 saturated heterocycles. The molecular formula is C24H29F4N3O. The molecule has 0 spiro atoms. The van der Waals surface area contributed by atoms with Gasteiger partial charge in [-0.05, 0) is 70.6 Å². The molecule has 4 nitrogen and oxygen atoms in total. The van der Waals surface area contributed by atoms with E-state index in [0.29, 0.717) is 11.7 Å². The van der Waals surface area contributed by atoms with Crippen molar-refractivity contribution < 1.29 is 22.4 Å². The summed E-state index contributed by atoms with van der Waals surface area (Å²) in [5.74, 6) is -0.959. The summed E-state index contributed by atoms with van der Waals surface area (Å²) in [4.78, 5) is 17.0. The van der Waals surface area contributed by atoms with Crippen molar-refractivity contribution in [2.24, 2.45) is 0 Å². The van der Waals surface area contributed by atoms with Crippen LogP contribution in [-0.4, -0.2) is 44.0 Å². The molecule has 0 atom stereocenters. The van der Waals surface area contributed by atoms with Gasteiger partial charge in [0.1, 0.15) is 5.82 Å². The van der Waals surface area contributed by atoms with Crippen molar-refractivity contribution in [3.8, 4) is 0 Å². The number of carbonyl (C=O) groups excluding carboxylic acids is 1. The molecule has 32 heavy (non-hydrogen) atoms. The number of hydrogen-bond donors (Lipinski definition) is 1. The SMILES string of the molecule is CN(C)C1CCN(c2ccc(NC(=O)C(C)(C)c3cccc(C(F)(F)F)c3)cc2F)CC1. The van der Waals surface area contributed by atoms with E-state index in [1.54, 1.807) is 12.1 Å². The number of nitrogens with zero attached hydrogens (tertiary/aromatic N) is 2. The van der Waals surface area contributed by atoms with Crippen molar-refractivity contribution in [2.45, 2.75) is 44.3 Å². The van der Waals surface area contributed by atoms with Crippen molar-refractivity contribution in [3.05, 3.63) is 59.4 Å². The maximum absolute atomic E-state index is 14.8. The van der Waals surface area contributed by atoms with E-state index in [1.807, 2.05) is 19.0 Å². The highest BCUT2D eigenvalue weighted by Crippen LogP contribution is 2.34. The second-order valence-electron chi connectivity index (χ2n) is 9.01. The third kappa shape index (κ3) is 5.23. The molecule has 0 bridgehead atoms. The number of halogens is 4. The maximum Gasteiger partial charge on any atom is 0.416 e. The first-order valence-corrected chi connectivity index (χ1v) is 10.6. The van der Waals surface area contributed by atoms with E-state index in [2.05, 4.69) is 10.2 Å². The highest BCUT2D eigenvalue weighted by molar-refractivity contribution is 5.98. The number of nitrogens with one attached hydrogen (secondary N) is 1. The minimum atomic E-state index is -4.50. The van der Waals surface area contributed by atoms with Gasteiger partial charge in [-0.15, -0.1) is 0 Å². The standard InChI is InChI=1S/C24H29F4N3O/c1-23(2,16-6-5-7-17(14-16)24(26,27)28)22(32)29-18-8-9-21(20(25)15-18)31-12-10-19(11-13-31)30(3)4/h5-9,14-15,19H,10-13H2,1-4H3,(H,29,32). The average molecular weight is 452 g/mol. The topological polar surface area (TPSA) is 35.6 Å². The van der Waals surface area contributed by atoms with Crippen LogP contribution in [0.4, 0.5) is 28.9 Å². The molecule has 1 fully saturated rings. The lowest BCUT2D eigenvalue weighted by Gasteiger charge is -2.36. The Morgan fingerprint density at radius 2 is 1.66 bits per heavy atom. The number of rotatable bonds is 5. The minimum absolute atomic E-state index is 0.227. The first-order chi connectivity index (χ1) is 14.9. The van der Waals surface area contributed by atoms with Crippen LogP contribution in [0.2, 0.25) is 0 Å². The van der Waals surface area contributed by atoms with Gasteiger partial charge in [0.2, 0.25) is 5.91 Å². The number of benzene rings is 2. The first kappa shape index (κ1) is 24.0. The quantitative estimate of drug-likeness (QED) is 0.628. The molecule has 0 saturated carbocycles. The molecule has 0 aliphatic carbocycles. The van der Waals surface area contributed by atoms with Gasteiger partial charge in [0.25, 0.3) is 0 Å². The Hall–Kier alpha value is -2.61. The van der Waals surface area contributed by atoms with Crippen molar-refractivity contribution in [1.82, 2.24) is 4.90 Å². The summed E-state index contributed by atoms with van der Waals surface area (Å²) < 4.78 is 54.0. The Bertz CT molecular complexity index is 964. The van der Waals surface area contributed by atoms with E-state index in [-0.39, 0.29) is 11.3 Å². The van der Waals surface area contributed by atoms with E-state index < -0.39 is 28.9 Å². The predicted octanol–water partition coefficient (Wildman–Crippen LogP) is 5.29. The van der Waals surface area contributed by atoms with Crippen LogP contribution in [0, 0.1) is 5.82 Å². The first-order valence-electron chi connectivity index (χ1n) is 10.6. The lowest BCUT2D eigenvalue weighted by Crippen LogP contribution is -2.42. The number of amides is 1. The van der Waals surface area contributed by atoms with Crippen molar-refractivity contribution in [2.75, 3.05) is 37.4 Å². The Balaban J connectivity index is 1.72. The second kappa shape index (κ2) is 9.10. The number of anilines is 2. The lowest BCUT2D eigenvalue weighted by atomic mass is 9.83. The normalized spacial score (nSPS) is 15.8. The average Bonchev–Trinajstić information content (AvgIpc) is 2.73. The van der Waals surface area contributed by atoms with Crippen LogP contribution in [0.15, 0.2) is 42.5 Å². The Labute approximate surface area is 186 Å². The molecule has 8 heteroatoms. The molecule has 1 N–H and O–H groups in total. The van der Waals surface area contributed by atoms with E-state index in [1.165, 1.54) is 32.0 Å². The van der Waals surface area contributed by atoms with E-state index >= 15 is 0 Å². The van der Waals surface area contributed by atoms with Crippen LogP contribution >= 0.6 is 0 Å². The molecule has 0 aromatic heterocycles. The summed E-state index contributed by atoms with van der Waals surface area (Å²) in [5, 5.41) is 2.65. The van der Waals surface area contributed by atoms with Gasteiger partial charge in [-0.25, -0.2) is 4.39 Å². The zero-order valence-corrected chi connectivity index (χ0v) is 18.8. The maximum atomic E-state index is 14.8. The van der Waals surface area contributed by atoms with Crippen LogP contribution in [0.1, 0.15) is 37.8 Å².